The second kappa shape index (κ2) is 9.45. The molecule has 1 aliphatic heterocycles. The number of nitrogens with one attached hydrogen (secondary N) is 2. The minimum atomic E-state index is -0.671. The van der Waals surface area contributed by atoms with Crippen LogP contribution < -0.4 is 10.6 Å². The molecule has 0 atom stereocenters. The highest BCUT2D eigenvalue weighted by molar-refractivity contribution is 5.79. The third kappa shape index (κ3) is 6.65. The molecular formula is C17H36N4O2. The lowest BCUT2D eigenvalue weighted by molar-refractivity contribution is -0.00686. The highest BCUT2D eigenvalue weighted by Crippen LogP contribution is 2.16. The van der Waals surface area contributed by atoms with Gasteiger partial charge >= 0.3 is 0 Å². The number of hydrogen-bond donors (Lipinski definition) is 3. The van der Waals surface area contributed by atoms with Crippen molar-refractivity contribution in [2.24, 2.45) is 4.99 Å². The Morgan fingerprint density at radius 1 is 1.13 bits per heavy atom. The van der Waals surface area contributed by atoms with E-state index in [2.05, 4.69) is 36.3 Å². The Balaban J connectivity index is 2.62. The Kier molecular flexibility index (Phi) is 8.29. The zero-order chi connectivity index (χ0) is 17.3. The second-order valence-electron chi connectivity index (χ2n) is 6.89. The molecule has 1 saturated heterocycles. The molecule has 1 rings (SSSR count). The van der Waals surface area contributed by atoms with Gasteiger partial charge in [-0.2, -0.15) is 0 Å². The number of morpholine rings is 1. The van der Waals surface area contributed by atoms with Crippen LogP contribution in [0.3, 0.4) is 0 Å². The Morgan fingerprint density at radius 3 is 2.26 bits per heavy atom. The first-order valence-corrected chi connectivity index (χ1v) is 8.94. The van der Waals surface area contributed by atoms with Gasteiger partial charge in [0.25, 0.3) is 0 Å². The van der Waals surface area contributed by atoms with E-state index in [-0.39, 0.29) is 5.54 Å². The molecule has 0 aromatic carbocycles. The van der Waals surface area contributed by atoms with E-state index in [9.17, 15) is 5.11 Å². The third-order valence-corrected chi connectivity index (χ3v) is 4.74. The first kappa shape index (κ1) is 20.2. The number of hydrogen-bond acceptors (Lipinski definition) is 4. The number of aliphatic hydroxyl groups is 1. The van der Waals surface area contributed by atoms with Crippen molar-refractivity contribution in [2.75, 3.05) is 45.9 Å². The van der Waals surface area contributed by atoms with Gasteiger partial charge < -0.3 is 20.5 Å². The summed E-state index contributed by atoms with van der Waals surface area (Å²) in [6, 6.07) is 0. The summed E-state index contributed by atoms with van der Waals surface area (Å²) < 4.78 is 5.43. The van der Waals surface area contributed by atoms with Crippen molar-refractivity contribution < 1.29 is 9.84 Å². The lowest BCUT2D eigenvalue weighted by atomic mass is 9.98. The van der Waals surface area contributed by atoms with Crippen LogP contribution in [-0.2, 0) is 4.74 Å². The van der Waals surface area contributed by atoms with E-state index in [0.29, 0.717) is 13.1 Å². The summed E-state index contributed by atoms with van der Waals surface area (Å²) in [4.78, 5) is 7.16. The fourth-order valence-corrected chi connectivity index (χ4v) is 2.63. The fraction of sp³-hybridized carbons (Fsp3) is 0.941. The highest BCUT2D eigenvalue weighted by atomic mass is 16.5. The minimum absolute atomic E-state index is 0.00204. The molecule has 1 fully saturated rings. The van der Waals surface area contributed by atoms with Gasteiger partial charge in [0, 0.05) is 31.7 Å². The molecule has 0 spiro atoms. The molecule has 0 unspecified atom stereocenters. The van der Waals surface area contributed by atoms with Crippen LogP contribution in [0.4, 0.5) is 0 Å². The summed E-state index contributed by atoms with van der Waals surface area (Å²) in [6.07, 6.45) is 1.46. The Bertz CT molecular complexity index is 362. The van der Waals surface area contributed by atoms with Gasteiger partial charge in [0.15, 0.2) is 5.96 Å². The van der Waals surface area contributed by atoms with Gasteiger partial charge in [-0.15, -0.1) is 0 Å². The molecule has 6 nitrogen and oxygen atoms in total. The average Bonchev–Trinajstić information content (AvgIpc) is 2.58. The molecule has 0 saturated carbocycles. The van der Waals surface area contributed by atoms with Gasteiger partial charge in [-0.3, -0.25) is 9.89 Å². The lowest BCUT2D eigenvalue weighted by Gasteiger charge is -2.40. The molecular weight excluding hydrogens is 292 g/mol. The third-order valence-electron chi connectivity index (χ3n) is 4.74. The monoisotopic (exact) mass is 328 g/mol. The molecule has 0 aliphatic carbocycles. The summed E-state index contributed by atoms with van der Waals surface area (Å²) in [7, 11) is 0. The van der Waals surface area contributed by atoms with Gasteiger partial charge in [-0.1, -0.05) is 13.8 Å². The van der Waals surface area contributed by atoms with E-state index in [0.717, 1.165) is 51.6 Å². The van der Waals surface area contributed by atoms with E-state index in [4.69, 9.17) is 9.73 Å². The molecule has 136 valence electrons. The van der Waals surface area contributed by atoms with Crippen LogP contribution in [0.25, 0.3) is 0 Å². The molecule has 0 bridgehead atoms. The Morgan fingerprint density at radius 2 is 1.74 bits per heavy atom. The van der Waals surface area contributed by atoms with Crippen LogP contribution in [0.1, 0.15) is 47.5 Å². The maximum atomic E-state index is 10.4. The molecule has 1 aliphatic rings. The molecule has 6 heteroatoms. The van der Waals surface area contributed by atoms with Gasteiger partial charge in [-0.25, -0.2) is 0 Å². The normalized spacial score (nSPS) is 18.1. The molecule has 0 amide bonds. The Labute approximate surface area is 141 Å². The fourth-order valence-electron chi connectivity index (χ4n) is 2.63. The zero-order valence-electron chi connectivity index (χ0n) is 15.6. The minimum Gasteiger partial charge on any atom is -0.388 e. The van der Waals surface area contributed by atoms with Crippen molar-refractivity contribution in [2.45, 2.75) is 58.6 Å². The largest absolute Gasteiger partial charge is 0.388 e. The highest BCUT2D eigenvalue weighted by Gasteiger charge is 2.28. The van der Waals surface area contributed by atoms with Crippen molar-refractivity contribution >= 4 is 5.96 Å². The summed E-state index contributed by atoms with van der Waals surface area (Å²) in [6.45, 7) is 16.1. The van der Waals surface area contributed by atoms with Crippen molar-refractivity contribution in [3.8, 4) is 0 Å². The summed E-state index contributed by atoms with van der Waals surface area (Å²) in [5.74, 6) is 0.772. The van der Waals surface area contributed by atoms with E-state index in [1.807, 2.05) is 13.8 Å². The van der Waals surface area contributed by atoms with Gasteiger partial charge in [-0.05, 0) is 33.6 Å². The molecule has 0 aromatic heterocycles. The van der Waals surface area contributed by atoms with E-state index in [1.165, 1.54) is 0 Å². The number of rotatable bonds is 8. The first-order valence-electron chi connectivity index (χ1n) is 8.94. The maximum absolute atomic E-state index is 10.4. The van der Waals surface area contributed by atoms with Crippen LogP contribution in [0.15, 0.2) is 4.99 Å². The second-order valence-corrected chi connectivity index (χ2v) is 6.89. The standard InChI is InChI=1S/C17H36N4O2/c1-6-17(22,7-2)14-20-15(18-8-3)19-13-16(4,5)21-9-11-23-12-10-21/h22H,6-14H2,1-5H3,(H2,18,19,20). The molecule has 23 heavy (non-hydrogen) atoms. The van der Waals surface area contributed by atoms with Gasteiger partial charge in [0.05, 0.1) is 25.4 Å². The van der Waals surface area contributed by atoms with Gasteiger partial charge in [0.2, 0.25) is 0 Å². The average molecular weight is 329 g/mol. The van der Waals surface area contributed by atoms with Crippen molar-refractivity contribution in [3.05, 3.63) is 0 Å². The predicted octanol–water partition coefficient (Wildman–Crippen LogP) is 1.20. The van der Waals surface area contributed by atoms with E-state index in [1.54, 1.807) is 0 Å². The van der Waals surface area contributed by atoms with Crippen LogP contribution in [0.5, 0.6) is 0 Å². The number of ether oxygens (including phenoxy) is 1. The van der Waals surface area contributed by atoms with Crippen LogP contribution in [0, 0.1) is 0 Å². The van der Waals surface area contributed by atoms with Crippen molar-refractivity contribution in [1.29, 1.82) is 0 Å². The molecule has 0 aromatic rings. The Hall–Kier alpha value is -0.850. The number of guanidine groups is 1. The van der Waals surface area contributed by atoms with E-state index >= 15 is 0 Å². The predicted molar refractivity (Wildman–Crippen MR) is 96.0 cm³/mol. The smallest absolute Gasteiger partial charge is 0.191 e. The van der Waals surface area contributed by atoms with Crippen LogP contribution in [0.2, 0.25) is 0 Å². The number of aliphatic imine (C=N–C) groups is 1. The molecule has 3 N–H and O–H groups in total. The summed E-state index contributed by atoms with van der Waals surface area (Å²) in [5, 5.41) is 17.0. The number of nitrogens with zero attached hydrogens (tertiary/aromatic N) is 2. The summed E-state index contributed by atoms with van der Waals surface area (Å²) in [5.41, 5.74) is -0.673. The van der Waals surface area contributed by atoms with E-state index < -0.39 is 5.60 Å². The van der Waals surface area contributed by atoms with Crippen molar-refractivity contribution in [3.63, 3.8) is 0 Å². The maximum Gasteiger partial charge on any atom is 0.191 e. The van der Waals surface area contributed by atoms with Gasteiger partial charge in [0.1, 0.15) is 0 Å². The quantitative estimate of drug-likeness (QED) is 0.461. The topological polar surface area (TPSA) is 69.1 Å². The first-order chi connectivity index (χ1) is 10.9. The van der Waals surface area contributed by atoms with Crippen LogP contribution >= 0.6 is 0 Å². The molecule has 0 radical (unpaired) electrons. The van der Waals surface area contributed by atoms with Crippen LogP contribution in [-0.4, -0.2) is 73.0 Å². The zero-order valence-corrected chi connectivity index (χ0v) is 15.6. The SMILES string of the molecule is CCNC(=NCC(C)(C)N1CCOCC1)NCC(O)(CC)CC. The lowest BCUT2D eigenvalue weighted by Crippen LogP contribution is -2.52. The summed E-state index contributed by atoms with van der Waals surface area (Å²) >= 11 is 0. The molecule has 1 heterocycles. The van der Waals surface area contributed by atoms with Crippen molar-refractivity contribution in [1.82, 2.24) is 15.5 Å².